The van der Waals surface area contributed by atoms with Crippen molar-refractivity contribution in [1.82, 2.24) is 0 Å². The monoisotopic (exact) mass is 250 g/mol. The maximum absolute atomic E-state index is 5.75. The summed E-state index contributed by atoms with van der Waals surface area (Å²) < 4.78 is 17.2. The Morgan fingerprint density at radius 2 is 1.72 bits per heavy atom. The summed E-state index contributed by atoms with van der Waals surface area (Å²) in [5, 5.41) is 0. The van der Waals surface area contributed by atoms with E-state index >= 15 is 0 Å². The van der Waals surface area contributed by atoms with Gasteiger partial charge in [-0.25, -0.2) is 0 Å². The largest absolute Gasteiger partial charge is 0.494 e. The first-order valence-electron chi connectivity index (χ1n) is 6.59. The lowest BCUT2D eigenvalue weighted by molar-refractivity contribution is -0.150. The lowest BCUT2D eigenvalue weighted by Gasteiger charge is -2.27. The van der Waals surface area contributed by atoms with E-state index in [4.69, 9.17) is 14.2 Å². The summed E-state index contributed by atoms with van der Waals surface area (Å²) in [6.07, 6.45) is 1.02. The zero-order chi connectivity index (χ0) is 13.2. The van der Waals surface area contributed by atoms with Crippen molar-refractivity contribution >= 4 is 0 Å². The number of aryl methyl sites for hydroxylation is 2. The van der Waals surface area contributed by atoms with Crippen LogP contribution in [0.4, 0.5) is 0 Å². The summed E-state index contributed by atoms with van der Waals surface area (Å²) in [6, 6.07) is 4.13. The smallest absolute Gasteiger partial charge is 0.192 e. The summed E-state index contributed by atoms with van der Waals surface area (Å²) in [5.41, 5.74) is 3.44. The summed E-state index contributed by atoms with van der Waals surface area (Å²) >= 11 is 0. The highest BCUT2D eigenvalue weighted by Gasteiger charge is 2.35. The molecule has 0 N–H and O–H groups in total. The molecule has 1 heterocycles. The molecule has 1 aromatic carbocycles. The van der Waals surface area contributed by atoms with E-state index in [2.05, 4.69) is 32.9 Å². The Labute approximate surface area is 109 Å². The zero-order valence-electron chi connectivity index (χ0n) is 11.7. The lowest BCUT2D eigenvalue weighted by atomic mass is 9.95. The Hall–Kier alpha value is -1.06. The fraction of sp³-hybridized carbons (Fsp3) is 0.600. The molecule has 1 aromatic rings. The van der Waals surface area contributed by atoms with E-state index in [0.29, 0.717) is 13.2 Å². The van der Waals surface area contributed by atoms with Crippen LogP contribution in [0.5, 0.6) is 5.75 Å². The predicted molar refractivity (Wildman–Crippen MR) is 71.0 cm³/mol. The van der Waals surface area contributed by atoms with Crippen LogP contribution >= 0.6 is 0 Å². The normalized spacial score (nSPS) is 18.0. The van der Waals surface area contributed by atoms with Gasteiger partial charge < -0.3 is 14.2 Å². The van der Waals surface area contributed by atoms with Crippen LogP contribution in [0.1, 0.15) is 37.0 Å². The first-order chi connectivity index (χ1) is 8.57. The van der Waals surface area contributed by atoms with Gasteiger partial charge in [0.25, 0.3) is 0 Å². The van der Waals surface area contributed by atoms with Gasteiger partial charge in [-0.05, 0) is 50.5 Å². The Balaban J connectivity index is 2.32. The van der Waals surface area contributed by atoms with Crippen LogP contribution < -0.4 is 4.74 Å². The van der Waals surface area contributed by atoms with Crippen LogP contribution in [0.3, 0.4) is 0 Å². The molecule has 0 radical (unpaired) electrons. The Bertz CT molecular complexity index is 397. The minimum atomic E-state index is -0.600. The van der Waals surface area contributed by atoms with Crippen molar-refractivity contribution < 1.29 is 14.2 Å². The highest BCUT2D eigenvalue weighted by atomic mass is 16.7. The Kier molecular flexibility index (Phi) is 3.93. The molecule has 0 amide bonds. The number of hydrogen-bond donors (Lipinski definition) is 0. The van der Waals surface area contributed by atoms with Gasteiger partial charge in [0.1, 0.15) is 5.75 Å². The van der Waals surface area contributed by atoms with Crippen molar-refractivity contribution in [3.63, 3.8) is 0 Å². The third-order valence-corrected chi connectivity index (χ3v) is 3.27. The van der Waals surface area contributed by atoms with E-state index in [0.717, 1.165) is 35.5 Å². The third kappa shape index (κ3) is 2.52. The van der Waals surface area contributed by atoms with Gasteiger partial charge in [-0.2, -0.15) is 0 Å². The molecule has 0 aliphatic carbocycles. The third-order valence-electron chi connectivity index (χ3n) is 3.27. The van der Waals surface area contributed by atoms with Gasteiger partial charge >= 0.3 is 0 Å². The summed E-state index contributed by atoms with van der Waals surface area (Å²) in [6.45, 7) is 10.3. The summed E-state index contributed by atoms with van der Waals surface area (Å²) in [5.74, 6) is 0.328. The average Bonchev–Trinajstić information content (AvgIpc) is 2.73. The first-order valence-corrected chi connectivity index (χ1v) is 6.59. The second-order valence-corrected chi connectivity index (χ2v) is 4.92. The molecule has 3 heteroatoms. The van der Waals surface area contributed by atoms with Crippen molar-refractivity contribution in [2.75, 3.05) is 19.8 Å². The van der Waals surface area contributed by atoms with Crippen molar-refractivity contribution in [3.05, 3.63) is 28.8 Å². The molecule has 3 nitrogen and oxygen atoms in total. The van der Waals surface area contributed by atoms with Crippen molar-refractivity contribution in [2.24, 2.45) is 0 Å². The molecule has 0 spiro atoms. The lowest BCUT2D eigenvalue weighted by Crippen LogP contribution is -2.25. The molecule has 1 saturated heterocycles. The molecule has 1 aliphatic heterocycles. The predicted octanol–water partition coefficient (Wildman–Crippen LogP) is 3.31. The molecule has 1 aliphatic rings. The van der Waals surface area contributed by atoms with Gasteiger partial charge in [0.05, 0.1) is 19.8 Å². The van der Waals surface area contributed by atoms with Gasteiger partial charge in [0.2, 0.25) is 0 Å². The molecule has 0 aromatic heterocycles. The maximum atomic E-state index is 5.75. The second kappa shape index (κ2) is 5.29. The molecule has 0 bridgehead atoms. The van der Waals surface area contributed by atoms with Crippen LogP contribution in [0.2, 0.25) is 0 Å². The van der Waals surface area contributed by atoms with Gasteiger partial charge in [0.15, 0.2) is 5.79 Å². The van der Waals surface area contributed by atoms with E-state index in [1.807, 2.05) is 6.92 Å². The standard InChI is InChI=1S/C15H22O3/c1-5-6-16-13-9-11(2)14(12(3)10-13)15(4)17-7-8-18-15/h9-10H,5-8H2,1-4H3. The van der Waals surface area contributed by atoms with E-state index in [9.17, 15) is 0 Å². The van der Waals surface area contributed by atoms with Crippen molar-refractivity contribution in [1.29, 1.82) is 0 Å². The molecule has 0 saturated carbocycles. The zero-order valence-corrected chi connectivity index (χ0v) is 11.7. The fourth-order valence-electron chi connectivity index (χ4n) is 2.60. The summed E-state index contributed by atoms with van der Waals surface area (Å²) in [4.78, 5) is 0. The van der Waals surface area contributed by atoms with E-state index in [-0.39, 0.29) is 0 Å². The number of rotatable bonds is 4. The molecule has 0 atom stereocenters. The van der Waals surface area contributed by atoms with E-state index < -0.39 is 5.79 Å². The second-order valence-electron chi connectivity index (χ2n) is 4.92. The highest BCUT2D eigenvalue weighted by Crippen LogP contribution is 2.37. The van der Waals surface area contributed by atoms with Gasteiger partial charge in [-0.3, -0.25) is 0 Å². The topological polar surface area (TPSA) is 27.7 Å². The number of benzene rings is 1. The minimum absolute atomic E-state index is 0.600. The molecular weight excluding hydrogens is 228 g/mol. The highest BCUT2D eigenvalue weighted by molar-refractivity contribution is 5.43. The van der Waals surface area contributed by atoms with Crippen molar-refractivity contribution in [2.45, 2.75) is 39.9 Å². The van der Waals surface area contributed by atoms with Gasteiger partial charge in [0, 0.05) is 5.56 Å². The van der Waals surface area contributed by atoms with Crippen LogP contribution in [-0.2, 0) is 15.3 Å². The quantitative estimate of drug-likeness (QED) is 0.820. The summed E-state index contributed by atoms with van der Waals surface area (Å²) in [7, 11) is 0. The molecule has 2 rings (SSSR count). The molecular formula is C15H22O3. The first kappa shape index (κ1) is 13.4. The van der Waals surface area contributed by atoms with Crippen LogP contribution in [-0.4, -0.2) is 19.8 Å². The van der Waals surface area contributed by atoms with Gasteiger partial charge in [-0.15, -0.1) is 0 Å². The SMILES string of the molecule is CCCOc1cc(C)c(C2(C)OCCO2)c(C)c1. The van der Waals surface area contributed by atoms with E-state index in [1.165, 1.54) is 0 Å². The van der Waals surface area contributed by atoms with Crippen LogP contribution in [0.25, 0.3) is 0 Å². The molecule has 0 unspecified atom stereocenters. The van der Waals surface area contributed by atoms with Crippen LogP contribution in [0.15, 0.2) is 12.1 Å². The van der Waals surface area contributed by atoms with E-state index in [1.54, 1.807) is 0 Å². The maximum Gasteiger partial charge on any atom is 0.192 e. The fourth-order valence-corrected chi connectivity index (χ4v) is 2.60. The Morgan fingerprint density at radius 3 is 2.22 bits per heavy atom. The van der Waals surface area contributed by atoms with Crippen LogP contribution in [0, 0.1) is 13.8 Å². The molecule has 1 fully saturated rings. The van der Waals surface area contributed by atoms with Gasteiger partial charge in [-0.1, -0.05) is 6.92 Å². The number of hydrogen-bond acceptors (Lipinski definition) is 3. The molecule has 18 heavy (non-hydrogen) atoms. The average molecular weight is 250 g/mol. The van der Waals surface area contributed by atoms with Crippen molar-refractivity contribution in [3.8, 4) is 5.75 Å². The Morgan fingerprint density at radius 1 is 1.17 bits per heavy atom. The minimum Gasteiger partial charge on any atom is -0.494 e. The number of ether oxygens (including phenoxy) is 3. The molecule has 100 valence electrons.